The van der Waals surface area contributed by atoms with Crippen molar-refractivity contribution < 1.29 is 22.8 Å². The van der Waals surface area contributed by atoms with Crippen LogP contribution in [0.15, 0.2) is 66.2 Å². The van der Waals surface area contributed by atoms with Gasteiger partial charge in [0, 0.05) is 18.0 Å². The Balaban J connectivity index is 2.31. The molecule has 0 aliphatic heterocycles. The Morgan fingerprint density at radius 2 is 1.52 bits per heavy atom. The van der Waals surface area contributed by atoms with Crippen molar-refractivity contribution in [3.8, 4) is 0 Å². The summed E-state index contributed by atoms with van der Waals surface area (Å²) in [6, 6.07) is 13.4. The van der Waals surface area contributed by atoms with Crippen molar-refractivity contribution in [1.29, 1.82) is 0 Å². The van der Waals surface area contributed by atoms with Gasteiger partial charge in [0.05, 0.1) is 24.4 Å². The van der Waals surface area contributed by atoms with Crippen LogP contribution in [0.25, 0.3) is 4.85 Å². The molecule has 0 unspecified atom stereocenters. The van der Waals surface area contributed by atoms with Crippen molar-refractivity contribution in [2.75, 3.05) is 14.1 Å². The molecule has 11 heteroatoms. The van der Waals surface area contributed by atoms with Crippen LogP contribution in [0, 0.1) is 17.9 Å². The molecule has 0 aliphatic rings. The maximum atomic E-state index is 14.1. The molecule has 3 N–H and O–H groups in total. The first-order valence-corrected chi connectivity index (χ1v) is 16.9. The number of amides is 3. The van der Waals surface area contributed by atoms with Crippen LogP contribution >= 0.6 is 0 Å². The molecule has 3 atom stereocenters. The van der Waals surface area contributed by atoms with Crippen LogP contribution in [-0.2, 0) is 35.6 Å². The van der Waals surface area contributed by atoms with Crippen molar-refractivity contribution in [3.05, 3.63) is 88.8 Å². The van der Waals surface area contributed by atoms with E-state index in [0.29, 0.717) is 11.3 Å². The summed E-state index contributed by atoms with van der Waals surface area (Å²) in [5, 5.41) is 6.10. The summed E-state index contributed by atoms with van der Waals surface area (Å²) in [6.45, 7) is 22.0. The average Bonchev–Trinajstić information content (AvgIpc) is 2.97. The fourth-order valence-corrected chi connectivity index (χ4v) is 6.46. The standard InChI is InChI=1S/C35H49N5O5S/c1-23(2)28(21-24(3)31(41)39-46(44,45)22-25-15-13-12-14-16-25)40(11)33(43)30(34(4,5)6)38-32(42)29(37-10)35(7,8)26-17-19-27(36-9)20-18-26/h12-21,23,28-30,37H,22H2,1-8,10-11H3,(H,38,42)(H,39,41)/b24-21+/t28-,29-,30-/m1/s1. The van der Waals surface area contributed by atoms with Gasteiger partial charge in [-0.05, 0) is 36.4 Å². The fraction of sp³-hybridized carbons (Fsp3) is 0.486. The molecule has 0 saturated heterocycles. The minimum absolute atomic E-state index is 0.142. The minimum atomic E-state index is -3.95. The van der Waals surface area contributed by atoms with Crippen molar-refractivity contribution in [3.63, 3.8) is 0 Å². The average molecular weight is 652 g/mol. The van der Waals surface area contributed by atoms with Crippen molar-refractivity contribution in [2.24, 2.45) is 11.3 Å². The van der Waals surface area contributed by atoms with Gasteiger partial charge >= 0.3 is 0 Å². The van der Waals surface area contributed by atoms with Crippen LogP contribution in [0.4, 0.5) is 5.69 Å². The molecule has 46 heavy (non-hydrogen) atoms. The van der Waals surface area contributed by atoms with Crippen LogP contribution in [0.1, 0.15) is 66.5 Å². The second-order valence-electron chi connectivity index (χ2n) is 13.6. The maximum Gasteiger partial charge on any atom is 0.260 e. The topological polar surface area (TPSA) is 129 Å². The van der Waals surface area contributed by atoms with E-state index in [9.17, 15) is 22.8 Å². The number of nitrogens with zero attached hydrogens (tertiary/aromatic N) is 2. The van der Waals surface area contributed by atoms with Gasteiger partial charge in [-0.25, -0.2) is 18.0 Å². The summed E-state index contributed by atoms with van der Waals surface area (Å²) in [6.07, 6.45) is 1.59. The van der Waals surface area contributed by atoms with Gasteiger partial charge in [-0.2, -0.15) is 0 Å². The lowest BCUT2D eigenvalue weighted by atomic mass is 9.76. The van der Waals surface area contributed by atoms with Crippen LogP contribution < -0.4 is 15.4 Å². The summed E-state index contributed by atoms with van der Waals surface area (Å²) in [5.41, 5.74) is 0.686. The number of rotatable bonds is 13. The highest BCUT2D eigenvalue weighted by Crippen LogP contribution is 2.30. The zero-order chi connectivity index (χ0) is 35.0. The van der Waals surface area contributed by atoms with Gasteiger partial charge in [0.15, 0.2) is 5.69 Å². The molecule has 0 heterocycles. The SMILES string of the molecule is [C-]#[N+]c1ccc(C(C)(C)[C@H](NC)C(=O)N[C@H](C(=O)N(C)[C@H](/C=C(\C)C(=O)NS(=O)(=O)Cc2ccccc2)C(C)C)C(C)(C)C)cc1. The molecule has 10 nitrogen and oxygen atoms in total. The molecule has 2 aromatic carbocycles. The second-order valence-corrected chi connectivity index (χ2v) is 15.3. The summed E-state index contributed by atoms with van der Waals surface area (Å²) < 4.78 is 27.5. The van der Waals surface area contributed by atoms with Crippen LogP contribution in [0.2, 0.25) is 0 Å². The molecule has 0 spiro atoms. The van der Waals surface area contributed by atoms with E-state index in [1.165, 1.54) is 11.8 Å². The molecule has 250 valence electrons. The third-order valence-electron chi connectivity index (χ3n) is 8.12. The van der Waals surface area contributed by atoms with E-state index in [-0.39, 0.29) is 29.1 Å². The number of carbonyl (C=O) groups is 3. The fourth-order valence-electron chi connectivity index (χ4n) is 5.31. The molecule has 2 aromatic rings. The highest BCUT2D eigenvalue weighted by atomic mass is 32.2. The molecule has 0 aliphatic carbocycles. The zero-order valence-corrected chi connectivity index (χ0v) is 29.5. The number of sulfonamides is 1. The highest BCUT2D eigenvalue weighted by molar-refractivity contribution is 7.89. The van der Waals surface area contributed by atoms with Gasteiger partial charge < -0.3 is 15.5 Å². The summed E-state index contributed by atoms with van der Waals surface area (Å²) in [4.78, 5) is 45.8. The summed E-state index contributed by atoms with van der Waals surface area (Å²) in [7, 11) is -0.649. The lowest BCUT2D eigenvalue weighted by Gasteiger charge is -2.40. The van der Waals surface area contributed by atoms with E-state index < -0.39 is 44.9 Å². The number of nitrogens with one attached hydrogen (secondary N) is 3. The van der Waals surface area contributed by atoms with Crippen LogP contribution in [0.3, 0.4) is 0 Å². The van der Waals surface area contributed by atoms with E-state index in [1.807, 2.05) is 60.6 Å². The number of hydrogen-bond donors (Lipinski definition) is 3. The third-order valence-corrected chi connectivity index (χ3v) is 9.33. The second kappa shape index (κ2) is 15.5. The van der Waals surface area contributed by atoms with Gasteiger partial charge in [0.25, 0.3) is 5.91 Å². The largest absolute Gasteiger partial charge is 0.342 e. The zero-order valence-electron chi connectivity index (χ0n) is 28.6. The quantitative estimate of drug-likeness (QED) is 0.213. The minimum Gasteiger partial charge on any atom is -0.342 e. The molecule has 0 radical (unpaired) electrons. The van der Waals surface area contributed by atoms with Crippen molar-refractivity contribution >= 4 is 33.4 Å². The molecule has 0 bridgehead atoms. The van der Waals surface area contributed by atoms with E-state index in [2.05, 4.69) is 20.2 Å². The third kappa shape index (κ3) is 9.99. The molecular formula is C35H49N5O5S. The summed E-state index contributed by atoms with van der Waals surface area (Å²) in [5.74, 6) is -1.97. The molecule has 0 saturated carbocycles. The van der Waals surface area contributed by atoms with Crippen molar-refractivity contribution in [2.45, 2.75) is 84.7 Å². The Kier molecular flexibility index (Phi) is 12.9. The molecule has 0 fully saturated rings. The molecule has 0 aromatic heterocycles. The lowest BCUT2D eigenvalue weighted by molar-refractivity contribution is -0.140. The van der Waals surface area contributed by atoms with Gasteiger partial charge in [0.1, 0.15) is 6.04 Å². The maximum absolute atomic E-state index is 14.1. The first kappa shape index (κ1) is 38.2. The number of carbonyl (C=O) groups excluding carboxylic acids is 3. The Labute approximate surface area is 274 Å². The van der Waals surface area contributed by atoms with E-state index in [0.717, 1.165) is 5.56 Å². The highest BCUT2D eigenvalue weighted by Gasteiger charge is 2.41. The van der Waals surface area contributed by atoms with Crippen LogP contribution in [0.5, 0.6) is 0 Å². The molecule has 3 amide bonds. The lowest BCUT2D eigenvalue weighted by Crippen LogP contribution is -2.61. The number of likely N-dealkylation sites (N-methyl/N-ethyl adjacent to an activating group) is 2. The van der Waals surface area contributed by atoms with Crippen LogP contribution in [-0.4, -0.2) is 63.3 Å². The molecular weight excluding hydrogens is 602 g/mol. The number of benzene rings is 2. The molecule has 2 rings (SSSR count). The van der Waals surface area contributed by atoms with Gasteiger partial charge in [0.2, 0.25) is 21.8 Å². The Hall–Kier alpha value is -4.01. The smallest absolute Gasteiger partial charge is 0.260 e. The van der Waals surface area contributed by atoms with Gasteiger partial charge in [-0.3, -0.25) is 14.4 Å². The Bertz CT molecular complexity index is 1550. The number of hydrogen-bond acceptors (Lipinski definition) is 6. The van der Waals surface area contributed by atoms with E-state index in [1.54, 1.807) is 62.6 Å². The monoisotopic (exact) mass is 651 g/mol. The van der Waals surface area contributed by atoms with Gasteiger partial charge in [-0.1, -0.05) is 109 Å². The Morgan fingerprint density at radius 3 is 2.00 bits per heavy atom. The first-order chi connectivity index (χ1) is 21.2. The predicted molar refractivity (Wildman–Crippen MR) is 182 cm³/mol. The predicted octanol–water partition coefficient (Wildman–Crippen LogP) is 4.71. The Morgan fingerprint density at radius 1 is 0.957 bits per heavy atom. The van der Waals surface area contributed by atoms with Gasteiger partial charge in [-0.15, -0.1) is 0 Å². The van der Waals surface area contributed by atoms with Crippen molar-refractivity contribution in [1.82, 2.24) is 20.3 Å². The van der Waals surface area contributed by atoms with E-state index >= 15 is 0 Å². The van der Waals surface area contributed by atoms with E-state index in [4.69, 9.17) is 6.57 Å². The first-order valence-electron chi connectivity index (χ1n) is 15.2. The normalized spacial score (nSPS) is 14.5. The summed E-state index contributed by atoms with van der Waals surface area (Å²) >= 11 is 0.